The van der Waals surface area contributed by atoms with E-state index in [1.165, 1.54) is 0 Å². The third-order valence-electron chi connectivity index (χ3n) is 3.43. The number of ether oxygens (including phenoxy) is 1. The second kappa shape index (κ2) is 7.02. The average molecular weight is 334 g/mol. The fourth-order valence-corrected chi connectivity index (χ4v) is 2.40. The lowest BCUT2D eigenvalue weighted by atomic mass is 9.98. The van der Waals surface area contributed by atoms with Gasteiger partial charge in [-0.3, -0.25) is 4.79 Å². The topological polar surface area (TPSA) is 112 Å². The smallest absolute Gasteiger partial charge is 0.407 e. The minimum absolute atomic E-state index is 0.187. The summed E-state index contributed by atoms with van der Waals surface area (Å²) in [5.41, 5.74) is 0.839. The lowest BCUT2D eigenvalue weighted by Gasteiger charge is -2.22. The van der Waals surface area contributed by atoms with Crippen LogP contribution in [0.2, 0.25) is 0 Å². The van der Waals surface area contributed by atoms with Crippen molar-refractivity contribution in [1.29, 1.82) is 0 Å². The number of alkyl carbamates (subject to hydrolysis) is 1. The van der Waals surface area contributed by atoms with Crippen LogP contribution in [0.15, 0.2) is 24.4 Å². The molecular weight excluding hydrogens is 312 g/mol. The Morgan fingerprint density at radius 3 is 2.71 bits per heavy atom. The summed E-state index contributed by atoms with van der Waals surface area (Å²) in [6, 6.07) is 5.11. The van der Waals surface area contributed by atoms with Crippen LogP contribution in [-0.2, 0) is 4.74 Å². The van der Waals surface area contributed by atoms with Crippen molar-refractivity contribution in [2.75, 3.05) is 6.54 Å². The lowest BCUT2D eigenvalue weighted by Crippen LogP contribution is -2.38. The summed E-state index contributed by atoms with van der Waals surface area (Å²) < 4.78 is 5.07. The molecule has 4 N–H and O–H groups in total. The Labute approximate surface area is 139 Å². The van der Waals surface area contributed by atoms with E-state index in [-0.39, 0.29) is 6.54 Å². The van der Waals surface area contributed by atoms with Gasteiger partial charge in [-0.2, -0.15) is 0 Å². The van der Waals surface area contributed by atoms with Gasteiger partial charge in [0.1, 0.15) is 17.8 Å². The second-order valence-electron chi connectivity index (χ2n) is 6.53. The first-order valence-corrected chi connectivity index (χ1v) is 7.61. The molecule has 0 spiro atoms. The van der Waals surface area contributed by atoms with Gasteiger partial charge in [0.05, 0.1) is 0 Å². The quantitative estimate of drug-likeness (QED) is 0.624. The molecule has 0 bridgehead atoms. The molecule has 0 saturated carbocycles. The molecule has 130 valence electrons. The number of aliphatic hydroxyl groups excluding tert-OH is 2. The molecule has 1 aromatic heterocycles. The van der Waals surface area contributed by atoms with Gasteiger partial charge < -0.3 is 25.3 Å². The first-order valence-electron chi connectivity index (χ1n) is 7.61. The van der Waals surface area contributed by atoms with Crippen LogP contribution in [0.1, 0.15) is 42.8 Å². The first-order chi connectivity index (χ1) is 11.2. The number of fused-ring (bicyclic) bond motifs is 1. The summed E-state index contributed by atoms with van der Waals surface area (Å²) in [6.07, 6.45) is -0.975. The molecule has 0 aliphatic rings. The van der Waals surface area contributed by atoms with E-state index in [9.17, 15) is 19.8 Å². The maximum absolute atomic E-state index is 11.6. The standard InChI is InChI=1S/C17H22N2O5/c1-17(2,3)24-16(23)19-8-13(21)15(22)11-5-4-6-12-14(11)10(9-20)7-18-12/h4-7,9,13,15,18,21-22H,8H2,1-3H3,(H,19,23). The molecule has 0 aliphatic carbocycles. The maximum atomic E-state index is 11.6. The van der Waals surface area contributed by atoms with E-state index < -0.39 is 23.9 Å². The summed E-state index contributed by atoms with van der Waals surface area (Å²) in [6.45, 7) is 5.00. The van der Waals surface area contributed by atoms with Crippen LogP contribution in [0.5, 0.6) is 0 Å². The Bertz CT molecular complexity index is 732. The number of rotatable bonds is 5. The second-order valence-corrected chi connectivity index (χ2v) is 6.53. The lowest BCUT2D eigenvalue weighted by molar-refractivity contribution is 0.0136. The van der Waals surface area contributed by atoms with E-state index in [4.69, 9.17) is 4.74 Å². The first kappa shape index (κ1) is 18.0. The van der Waals surface area contributed by atoms with Crippen LogP contribution in [-0.4, -0.2) is 45.8 Å². The van der Waals surface area contributed by atoms with Gasteiger partial charge in [0.2, 0.25) is 0 Å². The summed E-state index contributed by atoms with van der Waals surface area (Å²) in [7, 11) is 0. The third kappa shape index (κ3) is 4.12. The Balaban J connectivity index is 2.11. The molecule has 0 fully saturated rings. The van der Waals surface area contributed by atoms with E-state index in [1.807, 2.05) is 0 Å². The number of carbonyl (C=O) groups excluding carboxylic acids is 2. The van der Waals surface area contributed by atoms with Gasteiger partial charge in [-0.25, -0.2) is 4.79 Å². The highest BCUT2D eigenvalue weighted by molar-refractivity contribution is 5.99. The van der Waals surface area contributed by atoms with E-state index >= 15 is 0 Å². The van der Waals surface area contributed by atoms with Crippen molar-refractivity contribution in [1.82, 2.24) is 10.3 Å². The zero-order chi connectivity index (χ0) is 17.9. The van der Waals surface area contributed by atoms with Gasteiger partial charge in [0.15, 0.2) is 6.29 Å². The van der Waals surface area contributed by atoms with E-state index in [0.29, 0.717) is 28.3 Å². The number of amides is 1. The van der Waals surface area contributed by atoms with Crippen LogP contribution in [0.25, 0.3) is 10.9 Å². The molecule has 1 aromatic carbocycles. The molecule has 24 heavy (non-hydrogen) atoms. The van der Waals surface area contributed by atoms with Gasteiger partial charge in [0.25, 0.3) is 0 Å². The molecule has 7 heteroatoms. The Hall–Kier alpha value is -2.38. The van der Waals surface area contributed by atoms with Crippen LogP contribution in [0.3, 0.4) is 0 Å². The highest BCUT2D eigenvalue weighted by atomic mass is 16.6. The van der Waals surface area contributed by atoms with Gasteiger partial charge in [-0.05, 0) is 32.4 Å². The molecule has 2 aromatic rings. The molecule has 2 rings (SSSR count). The SMILES string of the molecule is CC(C)(C)OC(=O)NCC(O)C(O)c1cccc2[nH]cc(C=O)c12. The minimum atomic E-state index is -1.27. The van der Waals surface area contributed by atoms with Crippen LogP contribution in [0.4, 0.5) is 4.79 Å². The Kier molecular flexibility index (Phi) is 5.26. The number of benzene rings is 1. The van der Waals surface area contributed by atoms with Crippen LogP contribution in [0, 0.1) is 0 Å². The van der Waals surface area contributed by atoms with Gasteiger partial charge in [-0.15, -0.1) is 0 Å². The van der Waals surface area contributed by atoms with Gasteiger partial charge in [0, 0.05) is 29.2 Å². The number of nitrogens with one attached hydrogen (secondary N) is 2. The summed E-state index contributed by atoms with van der Waals surface area (Å²) in [5, 5.41) is 23.5. The number of aromatic nitrogens is 1. The monoisotopic (exact) mass is 334 g/mol. The fourth-order valence-electron chi connectivity index (χ4n) is 2.40. The van der Waals surface area contributed by atoms with Crippen molar-refractivity contribution in [2.45, 2.75) is 38.6 Å². The molecule has 1 amide bonds. The molecule has 1 heterocycles. The van der Waals surface area contributed by atoms with E-state index in [0.717, 1.165) is 0 Å². The van der Waals surface area contributed by atoms with Gasteiger partial charge >= 0.3 is 6.09 Å². The zero-order valence-electron chi connectivity index (χ0n) is 13.9. The summed E-state index contributed by atoms with van der Waals surface area (Å²) >= 11 is 0. The number of H-pyrrole nitrogens is 1. The normalized spacial score (nSPS) is 14.2. The Morgan fingerprint density at radius 2 is 2.08 bits per heavy atom. The minimum Gasteiger partial charge on any atom is -0.444 e. The maximum Gasteiger partial charge on any atom is 0.407 e. The molecule has 2 atom stereocenters. The highest BCUT2D eigenvalue weighted by Crippen LogP contribution is 2.28. The average Bonchev–Trinajstić information content (AvgIpc) is 2.93. The van der Waals surface area contributed by atoms with E-state index in [2.05, 4.69) is 10.3 Å². The van der Waals surface area contributed by atoms with Crippen molar-refractivity contribution in [3.05, 3.63) is 35.5 Å². The molecule has 2 unspecified atom stereocenters. The van der Waals surface area contributed by atoms with Crippen molar-refractivity contribution >= 4 is 23.3 Å². The Morgan fingerprint density at radius 1 is 1.38 bits per heavy atom. The summed E-state index contributed by atoms with van der Waals surface area (Å²) in [4.78, 5) is 25.7. The molecular formula is C17H22N2O5. The highest BCUT2D eigenvalue weighted by Gasteiger charge is 2.24. The summed E-state index contributed by atoms with van der Waals surface area (Å²) in [5.74, 6) is 0. The van der Waals surface area contributed by atoms with Crippen molar-refractivity contribution in [3.8, 4) is 0 Å². The van der Waals surface area contributed by atoms with Crippen LogP contribution >= 0.6 is 0 Å². The number of carbonyl (C=O) groups is 2. The van der Waals surface area contributed by atoms with E-state index in [1.54, 1.807) is 45.2 Å². The molecule has 0 saturated heterocycles. The third-order valence-corrected chi connectivity index (χ3v) is 3.43. The molecule has 0 radical (unpaired) electrons. The van der Waals surface area contributed by atoms with Crippen molar-refractivity contribution in [3.63, 3.8) is 0 Å². The largest absolute Gasteiger partial charge is 0.444 e. The number of aldehydes is 1. The van der Waals surface area contributed by atoms with Crippen molar-refractivity contribution in [2.24, 2.45) is 0 Å². The number of hydrogen-bond donors (Lipinski definition) is 4. The zero-order valence-corrected chi connectivity index (χ0v) is 13.9. The fraction of sp³-hybridized carbons (Fsp3) is 0.412. The predicted molar refractivity (Wildman–Crippen MR) is 88.9 cm³/mol. The van der Waals surface area contributed by atoms with Gasteiger partial charge in [-0.1, -0.05) is 12.1 Å². The number of aliphatic hydroxyl groups is 2. The van der Waals surface area contributed by atoms with Crippen molar-refractivity contribution < 1.29 is 24.5 Å². The number of hydrogen-bond acceptors (Lipinski definition) is 5. The van der Waals surface area contributed by atoms with Crippen LogP contribution < -0.4 is 5.32 Å². The molecule has 7 nitrogen and oxygen atoms in total. The number of aromatic amines is 1. The molecule has 0 aliphatic heterocycles. The predicted octanol–water partition coefficient (Wildman–Crippen LogP) is 1.90.